The van der Waals surface area contributed by atoms with Crippen LogP contribution < -0.4 is 15.2 Å². The number of nitrogens with two attached hydrogens (primary N) is 1. The highest BCUT2D eigenvalue weighted by atomic mass is 16.5. The van der Waals surface area contributed by atoms with Crippen LogP contribution >= 0.6 is 0 Å². The minimum Gasteiger partial charge on any atom is -0.493 e. The summed E-state index contributed by atoms with van der Waals surface area (Å²) < 4.78 is 17.3. The zero-order valence-corrected chi connectivity index (χ0v) is 18.5. The summed E-state index contributed by atoms with van der Waals surface area (Å²) in [6.45, 7) is 4.41. The van der Waals surface area contributed by atoms with Crippen molar-refractivity contribution in [2.24, 2.45) is 11.1 Å². The molecule has 4 rings (SSSR count). The second-order valence-corrected chi connectivity index (χ2v) is 8.89. The van der Waals surface area contributed by atoms with Gasteiger partial charge in [0.15, 0.2) is 17.3 Å². The average molecular weight is 431 g/mol. The van der Waals surface area contributed by atoms with E-state index in [0.29, 0.717) is 42.3 Å². The zero-order chi connectivity index (χ0) is 22.9. The zero-order valence-electron chi connectivity index (χ0n) is 18.5. The fourth-order valence-corrected chi connectivity index (χ4v) is 4.34. The summed E-state index contributed by atoms with van der Waals surface area (Å²) in [5.74, 6) is 1.07. The van der Waals surface area contributed by atoms with Gasteiger partial charge < -0.3 is 19.9 Å². The van der Waals surface area contributed by atoms with Gasteiger partial charge in [0.2, 0.25) is 5.88 Å². The summed E-state index contributed by atoms with van der Waals surface area (Å²) in [5, 5.41) is 9.84. The van der Waals surface area contributed by atoms with Crippen LogP contribution in [0.4, 0.5) is 0 Å². The summed E-state index contributed by atoms with van der Waals surface area (Å²) >= 11 is 0. The van der Waals surface area contributed by atoms with Crippen molar-refractivity contribution in [3.05, 3.63) is 82.4 Å². The van der Waals surface area contributed by atoms with E-state index in [1.165, 1.54) is 0 Å². The van der Waals surface area contributed by atoms with Crippen LogP contribution in [0.15, 0.2) is 71.3 Å². The standard InChI is InChI=1S/C26H26N2O4/c1-26(2)12-19(29)24-22(13-26)32-25(28)18(14-27)23(24)17-9-10-20(30-3)21(11-17)31-15-16-7-5-4-6-8-16/h4-11,23H,12-13,15,28H2,1-3H3. The van der Waals surface area contributed by atoms with Crippen LogP contribution in [-0.4, -0.2) is 12.9 Å². The minimum absolute atomic E-state index is 0.0240. The molecule has 1 unspecified atom stereocenters. The van der Waals surface area contributed by atoms with Crippen LogP contribution in [-0.2, 0) is 16.1 Å². The number of carbonyl (C=O) groups is 1. The van der Waals surface area contributed by atoms with Gasteiger partial charge in [0.1, 0.15) is 24.0 Å². The number of ketones is 1. The topological polar surface area (TPSA) is 94.6 Å². The Labute approximate surface area is 187 Å². The summed E-state index contributed by atoms with van der Waals surface area (Å²) in [7, 11) is 1.57. The van der Waals surface area contributed by atoms with Crippen molar-refractivity contribution in [1.29, 1.82) is 5.26 Å². The molecular weight excluding hydrogens is 404 g/mol. The van der Waals surface area contributed by atoms with Gasteiger partial charge in [0, 0.05) is 18.4 Å². The molecule has 2 aromatic rings. The number of ether oxygens (including phenoxy) is 3. The number of benzene rings is 2. The molecule has 2 aromatic carbocycles. The molecule has 1 atom stereocenters. The monoisotopic (exact) mass is 430 g/mol. The van der Waals surface area contributed by atoms with Crippen LogP contribution in [0.5, 0.6) is 11.5 Å². The van der Waals surface area contributed by atoms with E-state index < -0.39 is 5.92 Å². The third-order valence-electron chi connectivity index (χ3n) is 5.83. The molecule has 0 spiro atoms. The van der Waals surface area contributed by atoms with Gasteiger partial charge in [-0.05, 0) is 28.7 Å². The van der Waals surface area contributed by atoms with E-state index in [9.17, 15) is 10.1 Å². The van der Waals surface area contributed by atoms with Gasteiger partial charge >= 0.3 is 0 Å². The molecule has 0 bridgehead atoms. The van der Waals surface area contributed by atoms with E-state index in [1.807, 2.05) is 56.3 Å². The predicted molar refractivity (Wildman–Crippen MR) is 119 cm³/mol. The maximum absolute atomic E-state index is 13.1. The molecule has 2 aliphatic rings. The third kappa shape index (κ3) is 4.06. The molecule has 6 heteroatoms. The highest BCUT2D eigenvalue weighted by molar-refractivity contribution is 6.00. The third-order valence-corrected chi connectivity index (χ3v) is 5.83. The summed E-state index contributed by atoms with van der Waals surface area (Å²) in [4.78, 5) is 13.1. The van der Waals surface area contributed by atoms with Gasteiger partial charge in [-0.2, -0.15) is 5.26 Å². The molecule has 164 valence electrons. The molecule has 2 N–H and O–H groups in total. The maximum atomic E-state index is 13.1. The van der Waals surface area contributed by atoms with E-state index in [1.54, 1.807) is 13.2 Å². The van der Waals surface area contributed by atoms with Crippen molar-refractivity contribution in [2.45, 2.75) is 39.2 Å². The van der Waals surface area contributed by atoms with Gasteiger partial charge in [-0.15, -0.1) is 0 Å². The lowest BCUT2D eigenvalue weighted by Gasteiger charge is -2.37. The summed E-state index contributed by atoms with van der Waals surface area (Å²) in [6, 6.07) is 17.4. The lowest BCUT2D eigenvalue weighted by atomic mass is 9.70. The second-order valence-electron chi connectivity index (χ2n) is 8.89. The average Bonchev–Trinajstić information content (AvgIpc) is 2.76. The molecule has 0 saturated carbocycles. The molecule has 0 fully saturated rings. The number of methoxy groups -OCH3 is 1. The van der Waals surface area contributed by atoms with Crippen LogP contribution in [0.2, 0.25) is 0 Å². The lowest BCUT2D eigenvalue weighted by Crippen LogP contribution is -2.33. The molecule has 6 nitrogen and oxygen atoms in total. The number of allylic oxidation sites excluding steroid dienone is 3. The first kappa shape index (κ1) is 21.5. The number of nitrogens with zero attached hydrogens (tertiary/aromatic N) is 1. The molecule has 0 radical (unpaired) electrons. The van der Waals surface area contributed by atoms with E-state index in [4.69, 9.17) is 19.9 Å². The van der Waals surface area contributed by atoms with E-state index in [2.05, 4.69) is 6.07 Å². The van der Waals surface area contributed by atoms with Gasteiger partial charge in [-0.1, -0.05) is 50.2 Å². The number of Topliss-reactive ketones (excluding diaryl/α,β-unsaturated/α-hetero) is 1. The fraction of sp³-hybridized carbons (Fsp3) is 0.308. The van der Waals surface area contributed by atoms with Gasteiger partial charge in [0.05, 0.1) is 13.0 Å². The Morgan fingerprint density at radius 3 is 2.59 bits per heavy atom. The lowest BCUT2D eigenvalue weighted by molar-refractivity contribution is -0.119. The SMILES string of the molecule is COc1ccc(C2C(C#N)=C(N)OC3=C2C(=O)CC(C)(C)C3)cc1OCc1ccccc1. The molecule has 0 saturated heterocycles. The van der Waals surface area contributed by atoms with Gasteiger partial charge in [-0.25, -0.2) is 0 Å². The van der Waals surface area contributed by atoms with Crippen LogP contribution in [0.3, 0.4) is 0 Å². The largest absolute Gasteiger partial charge is 0.493 e. The van der Waals surface area contributed by atoms with E-state index in [-0.39, 0.29) is 22.7 Å². The Morgan fingerprint density at radius 2 is 1.91 bits per heavy atom. The molecule has 32 heavy (non-hydrogen) atoms. The van der Waals surface area contributed by atoms with Crippen molar-refractivity contribution in [3.63, 3.8) is 0 Å². The van der Waals surface area contributed by atoms with Gasteiger partial charge in [-0.3, -0.25) is 4.79 Å². The Balaban J connectivity index is 1.76. The smallest absolute Gasteiger partial charge is 0.205 e. The summed E-state index contributed by atoms with van der Waals surface area (Å²) in [5.41, 5.74) is 8.38. The number of hydrogen-bond donors (Lipinski definition) is 1. The van der Waals surface area contributed by atoms with Crippen molar-refractivity contribution in [2.75, 3.05) is 7.11 Å². The Hall–Kier alpha value is -3.72. The van der Waals surface area contributed by atoms with Crippen molar-refractivity contribution in [1.82, 2.24) is 0 Å². The summed E-state index contributed by atoms with van der Waals surface area (Å²) in [6.07, 6.45) is 0.968. The Kier molecular flexibility index (Phi) is 5.67. The van der Waals surface area contributed by atoms with Crippen LogP contribution in [0, 0.1) is 16.7 Å². The van der Waals surface area contributed by atoms with Crippen molar-refractivity contribution in [3.8, 4) is 17.6 Å². The molecule has 1 aliphatic carbocycles. The first-order valence-corrected chi connectivity index (χ1v) is 10.5. The normalized spacial score (nSPS) is 19.7. The Bertz CT molecular complexity index is 1160. The maximum Gasteiger partial charge on any atom is 0.205 e. The number of nitriles is 1. The number of hydrogen-bond acceptors (Lipinski definition) is 6. The minimum atomic E-state index is -0.600. The molecule has 0 aromatic heterocycles. The predicted octanol–water partition coefficient (Wildman–Crippen LogP) is 4.73. The van der Waals surface area contributed by atoms with Crippen LogP contribution in [0.25, 0.3) is 0 Å². The van der Waals surface area contributed by atoms with Gasteiger partial charge in [0.25, 0.3) is 0 Å². The van der Waals surface area contributed by atoms with E-state index >= 15 is 0 Å². The van der Waals surface area contributed by atoms with E-state index in [0.717, 1.165) is 11.1 Å². The molecular formula is C26H26N2O4. The molecule has 0 amide bonds. The molecule has 1 aliphatic heterocycles. The fourth-order valence-electron chi connectivity index (χ4n) is 4.34. The van der Waals surface area contributed by atoms with Crippen molar-refractivity contribution >= 4 is 5.78 Å². The Morgan fingerprint density at radius 1 is 1.16 bits per heavy atom. The second kappa shape index (κ2) is 8.43. The highest BCUT2D eigenvalue weighted by Gasteiger charge is 2.43. The quantitative estimate of drug-likeness (QED) is 0.737. The van der Waals surface area contributed by atoms with Crippen molar-refractivity contribution < 1.29 is 19.0 Å². The highest BCUT2D eigenvalue weighted by Crippen LogP contribution is 2.48. The van der Waals surface area contributed by atoms with Crippen LogP contribution in [0.1, 0.15) is 43.7 Å². The first-order chi connectivity index (χ1) is 15.3. The number of carbonyl (C=O) groups excluding carboxylic acids is 1. The first-order valence-electron chi connectivity index (χ1n) is 10.5. The molecule has 1 heterocycles. The number of rotatable bonds is 5.